The van der Waals surface area contributed by atoms with Crippen molar-refractivity contribution in [3.8, 4) is 17.2 Å². The number of fused-ring (bicyclic) bond motifs is 1. The van der Waals surface area contributed by atoms with Crippen LogP contribution in [0.5, 0.6) is 17.2 Å². The van der Waals surface area contributed by atoms with Gasteiger partial charge in [0.05, 0.1) is 25.5 Å². The summed E-state index contributed by atoms with van der Waals surface area (Å²) >= 11 is 0. The number of carbonyl (C=O) groups is 1. The van der Waals surface area contributed by atoms with E-state index in [0.29, 0.717) is 53.7 Å². The average Bonchev–Trinajstić information content (AvgIpc) is 3.49. The van der Waals surface area contributed by atoms with Gasteiger partial charge in [0.2, 0.25) is 5.91 Å². The highest BCUT2D eigenvalue weighted by atomic mass is 19.4. The smallest absolute Gasteiger partial charge is 0.416 e. The minimum Gasteiger partial charge on any atom is -0.493 e. The predicted molar refractivity (Wildman–Crippen MR) is 165 cm³/mol. The van der Waals surface area contributed by atoms with E-state index in [2.05, 4.69) is 4.98 Å². The highest BCUT2D eigenvalue weighted by Crippen LogP contribution is 2.36. The van der Waals surface area contributed by atoms with Crippen LogP contribution in [0.15, 0.2) is 97.3 Å². The molecule has 0 radical (unpaired) electrons. The predicted octanol–water partition coefficient (Wildman–Crippen LogP) is 7.17. The van der Waals surface area contributed by atoms with Crippen molar-refractivity contribution in [3.63, 3.8) is 0 Å². The lowest BCUT2D eigenvalue weighted by Gasteiger charge is -2.23. The fourth-order valence-corrected chi connectivity index (χ4v) is 5.22. The molecule has 1 atom stereocenters. The number of pyridine rings is 1. The molecule has 5 rings (SSSR count). The largest absolute Gasteiger partial charge is 0.493 e. The van der Waals surface area contributed by atoms with E-state index in [-0.39, 0.29) is 12.3 Å². The molecule has 0 aliphatic carbocycles. The van der Waals surface area contributed by atoms with Crippen LogP contribution in [0.4, 0.5) is 13.2 Å². The number of methoxy groups -OCH3 is 2. The molecule has 0 aliphatic rings. The third-order valence-electron chi connectivity index (χ3n) is 7.73. The van der Waals surface area contributed by atoms with Crippen molar-refractivity contribution in [1.82, 2.24) is 14.3 Å². The number of likely N-dealkylation sites (N-methyl/N-ethyl adjacent to an activating group) is 1. The Kier molecular flexibility index (Phi) is 9.61. The Morgan fingerprint density at radius 1 is 0.889 bits per heavy atom. The summed E-state index contributed by atoms with van der Waals surface area (Å²) in [7, 11) is 4.81. The van der Waals surface area contributed by atoms with Gasteiger partial charge in [-0.1, -0.05) is 54.6 Å². The van der Waals surface area contributed by atoms with Crippen LogP contribution in [0.1, 0.15) is 40.3 Å². The summed E-state index contributed by atoms with van der Waals surface area (Å²) in [4.78, 5) is 19.8. The molecule has 0 spiro atoms. The second-order valence-electron chi connectivity index (χ2n) is 10.7. The Bertz CT molecular complexity index is 1750. The third kappa shape index (κ3) is 7.39. The van der Waals surface area contributed by atoms with Crippen LogP contribution in [0, 0.1) is 0 Å². The van der Waals surface area contributed by atoms with Gasteiger partial charge in [-0.3, -0.25) is 4.79 Å². The van der Waals surface area contributed by atoms with Crippen molar-refractivity contribution < 1.29 is 32.2 Å². The van der Waals surface area contributed by atoms with Crippen molar-refractivity contribution in [1.29, 1.82) is 0 Å². The number of benzene rings is 3. The van der Waals surface area contributed by atoms with E-state index in [0.717, 1.165) is 23.3 Å². The maximum Gasteiger partial charge on any atom is 0.416 e. The van der Waals surface area contributed by atoms with Crippen molar-refractivity contribution >= 4 is 11.6 Å². The molecule has 0 saturated carbocycles. The zero-order valence-electron chi connectivity index (χ0n) is 25.3. The van der Waals surface area contributed by atoms with Crippen LogP contribution in [0.3, 0.4) is 0 Å². The number of rotatable bonds is 12. The molecular weight excluding hydrogens is 583 g/mol. The molecule has 2 heterocycles. The van der Waals surface area contributed by atoms with E-state index >= 15 is 0 Å². The Hall–Kier alpha value is -4.99. The lowest BCUT2D eigenvalue weighted by Crippen LogP contribution is -2.30. The Balaban J connectivity index is 1.42. The van der Waals surface area contributed by atoms with Crippen LogP contribution in [0.2, 0.25) is 0 Å². The van der Waals surface area contributed by atoms with E-state index in [1.807, 2.05) is 48.5 Å². The van der Waals surface area contributed by atoms with E-state index < -0.39 is 17.7 Å². The normalized spacial score (nSPS) is 12.1. The minimum atomic E-state index is -4.53. The van der Waals surface area contributed by atoms with Gasteiger partial charge in [-0.2, -0.15) is 13.2 Å². The number of halogens is 3. The second-order valence-corrected chi connectivity index (χ2v) is 10.7. The van der Waals surface area contributed by atoms with Gasteiger partial charge in [0, 0.05) is 38.3 Å². The summed E-state index contributed by atoms with van der Waals surface area (Å²) in [6, 6.07) is 24.0. The number of carbonyl (C=O) groups excluding carboxylic acids is 1. The first-order valence-corrected chi connectivity index (χ1v) is 14.4. The van der Waals surface area contributed by atoms with Gasteiger partial charge < -0.3 is 23.5 Å². The van der Waals surface area contributed by atoms with Gasteiger partial charge in [0.1, 0.15) is 6.61 Å². The molecular formula is C35H34F3N3O4. The van der Waals surface area contributed by atoms with Crippen LogP contribution >= 0.6 is 0 Å². The Morgan fingerprint density at radius 3 is 2.40 bits per heavy atom. The number of hydrogen-bond acceptors (Lipinski definition) is 5. The number of amides is 1. The molecule has 2 aromatic heterocycles. The van der Waals surface area contributed by atoms with Gasteiger partial charge in [-0.15, -0.1) is 0 Å². The standard InChI is InChI=1S/C35H34F3N3O4/c1-40(18-16-24-14-15-30(43-2)32(19-24)44-3)33(42)21-28(26-11-7-12-27(20-26)35(36,37)38)29-22-39-34-31(13-8-17-41(29)34)45-23-25-9-5-4-6-10-25/h4-15,17,19-20,22,28H,16,18,21,23H2,1-3H3. The summed E-state index contributed by atoms with van der Waals surface area (Å²) in [5, 5.41) is 0. The van der Waals surface area contributed by atoms with E-state index in [4.69, 9.17) is 14.2 Å². The van der Waals surface area contributed by atoms with Gasteiger partial charge in [0.25, 0.3) is 0 Å². The molecule has 0 N–H and O–H groups in total. The molecule has 234 valence electrons. The molecule has 0 saturated heterocycles. The summed E-state index contributed by atoms with van der Waals surface area (Å²) in [6.07, 6.45) is -0.661. The van der Waals surface area contributed by atoms with Crippen molar-refractivity contribution in [2.24, 2.45) is 0 Å². The number of imidazole rings is 1. The fourth-order valence-electron chi connectivity index (χ4n) is 5.22. The SMILES string of the molecule is COc1ccc(CCN(C)C(=O)CC(c2cccc(C(F)(F)F)c2)c2cnc3c(OCc4ccccc4)cccn23)cc1OC. The summed E-state index contributed by atoms with van der Waals surface area (Å²) in [6.45, 7) is 0.720. The first kappa shape index (κ1) is 31.4. The van der Waals surface area contributed by atoms with Crippen LogP contribution in [-0.4, -0.2) is 48.0 Å². The lowest BCUT2D eigenvalue weighted by molar-refractivity contribution is -0.137. The first-order chi connectivity index (χ1) is 21.7. The van der Waals surface area contributed by atoms with Gasteiger partial charge in [-0.25, -0.2) is 4.98 Å². The molecule has 10 heteroatoms. The summed E-state index contributed by atoms with van der Waals surface area (Å²) in [5.74, 6) is 0.797. The zero-order valence-corrected chi connectivity index (χ0v) is 25.3. The van der Waals surface area contributed by atoms with E-state index in [1.54, 1.807) is 61.2 Å². The van der Waals surface area contributed by atoms with Crippen LogP contribution in [-0.2, 0) is 24.0 Å². The average molecular weight is 618 g/mol. The number of hydrogen-bond donors (Lipinski definition) is 0. The monoisotopic (exact) mass is 617 g/mol. The quantitative estimate of drug-likeness (QED) is 0.149. The zero-order chi connectivity index (χ0) is 32.0. The van der Waals surface area contributed by atoms with Crippen molar-refractivity contribution in [3.05, 3.63) is 125 Å². The number of alkyl halides is 3. The molecule has 1 amide bonds. The fraction of sp³-hybridized carbons (Fsp3) is 0.257. The maximum atomic E-state index is 13.7. The maximum absolute atomic E-state index is 13.7. The van der Waals surface area contributed by atoms with Gasteiger partial charge >= 0.3 is 6.18 Å². The molecule has 5 aromatic rings. The van der Waals surface area contributed by atoms with Gasteiger partial charge in [-0.05, 0) is 53.4 Å². The molecule has 0 aliphatic heterocycles. The lowest BCUT2D eigenvalue weighted by atomic mass is 9.90. The highest BCUT2D eigenvalue weighted by Gasteiger charge is 2.32. The molecule has 7 nitrogen and oxygen atoms in total. The van der Waals surface area contributed by atoms with Crippen molar-refractivity contribution in [2.45, 2.75) is 31.5 Å². The molecule has 1 unspecified atom stereocenters. The Morgan fingerprint density at radius 2 is 1.67 bits per heavy atom. The number of aromatic nitrogens is 2. The molecule has 0 bridgehead atoms. The van der Waals surface area contributed by atoms with E-state index in [1.165, 1.54) is 6.07 Å². The highest BCUT2D eigenvalue weighted by molar-refractivity contribution is 5.77. The van der Waals surface area contributed by atoms with Crippen molar-refractivity contribution in [2.75, 3.05) is 27.8 Å². The topological polar surface area (TPSA) is 65.3 Å². The minimum absolute atomic E-state index is 0.0629. The van der Waals surface area contributed by atoms with E-state index in [9.17, 15) is 18.0 Å². The van der Waals surface area contributed by atoms with Crippen LogP contribution in [0.25, 0.3) is 5.65 Å². The molecule has 0 fully saturated rings. The number of nitrogens with zero attached hydrogens (tertiary/aromatic N) is 3. The third-order valence-corrected chi connectivity index (χ3v) is 7.73. The molecule has 3 aromatic carbocycles. The Labute approximate surface area is 259 Å². The summed E-state index contributed by atoms with van der Waals surface area (Å²) < 4.78 is 59.7. The number of ether oxygens (including phenoxy) is 3. The first-order valence-electron chi connectivity index (χ1n) is 14.4. The van der Waals surface area contributed by atoms with Crippen LogP contribution < -0.4 is 14.2 Å². The van der Waals surface area contributed by atoms with Gasteiger partial charge in [0.15, 0.2) is 22.9 Å². The summed E-state index contributed by atoms with van der Waals surface area (Å²) in [5.41, 5.74) is 2.61. The second kappa shape index (κ2) is 13.8. The molecule has 45 heavy (non-hydrogen) atoms.